The molecular weight excluding hydrogens is 150 g/mol. The van der Waals surface area contributed by atoms with Gasteiger partial charge in [0, 0.05) is 12.1 Å². The van der Waals surface area contributed by atoms with E-state index in [0.29, 0.717) is 0 Å². The Morgan fingerprint density at radius 2 is 2.42 bits per heavy atom. The Labute approximate surface area is 74.7 Å². The third-order valence-electron chi connectivity index (χ3n) is 2.51. The van der Waals surface area contributed by atoms with E-state index in [1.54, 1.807) is 0 Å². The number of hydrogen-bond donors (Lipinski definition) is 1. The van der Waals surface area contributed by atoms with Gasteiger partial charge in [0.05, 0.1) is 13.2 Å². The van der Waals surface area contributed by atoms with E-state index < -0.39 is 0 Å². The summed E-state index contributed by atoms with van der Waals surface area (Å²) in [6.07, 6.45) is 2.24. The number of hydrogen-bond acceptors (Lipinski definition) is 2. The van der Waals surface area contributed by atoms with Crippen molar-refractivity contribution in [2.24, 2.45) is 0 Å². The van der Waals surface area contributed by atoms with Gasteiger partial charge >= 0.3 is 0 Å². The van der Waals surface area contributed by atoms with E-state index >= 15 is 0 Å². The number of nitrogens with one attached hydrogen (secondary N) is 1. The smallest absolute Gasteiger partial charge is 0.0649 e. The van der Waals surface area contributed by atoms with Crippen LogP contribution in [0.3, 0.4) is 0 Å². The summed E-state index contributed by atoms with van der Waals surface area (Å²) in [5.41, 5.74) is 0.212. The lowest BCUT2D eigenvalue weighted by Crippen LogP contribution is -2.45. The third kappa shape index (κ3) is 2.23. The van der Waals surface area contributed by atoms with E-state index in [-0.39, 0.29) is 5.54 Å². The molecule has 0 aliphatic carbocycles. The largest absolute Gasteiger partial charge is 0.379 e. The van der Waals surface area contributed by atoms with Gasteiger partial charge in [0.25, 0.3) is 0 Å². The van der Waals surface area contributed by atoms with Crippen molar-refractivity contribution < 1.29 is 4.74 Å². The molecule has 0 amide bonds. The van der Waals surface area contributed by atoms with Gasteiger partial charge in [0.2, 0.25) is 0 Å². The number of rotatable bonds is 3. The molecule has 2 nitrogen and oxygen atoms in total. The zero-order valence-electron chi connectivity index (χ0n) is 7.94. The molecule has 1 heterocycles. The fourth-order valence-corrected chi connectivity index (χ4v) is 1.47. The van der Waals surface area contributed by atoms with Crippen LogP contribution in [-0.2, 0) is 4.74 Å². The van der Waals surface area contributed by atoms with Gasteiger partial charge in [0.1, 0.15) is 0 Å². The molecule has 12 heavy (non-hydrogen) atoms. The van der Waals surface area contributed by atoms with Crippen molar-refractivity contribution in [3.63, 3.8) is 0 Å². The normalized spacial score (nSPS) is 28.2. The predicted octanol–water partition coefficient (Wildman–Crippen LogP) is 1.17. The molecule has 1 N–H and O–H groups in total. The molecule has 1 unspecified atom stereocenters. The van der Waals surface area contributed by atoms with E-state index in [4.69, 9.17) is 4.74 Å². The van der Waals surface area contributed by atoms with E-state index in [1.807, 2.05) is 6.92 Å². The molecule has 68 valence electrons. The van der Waals surface area contributed by atoms with Gasteiger partial charge in [0.15, 0.2) is 0 Å². The van der Waals surface area contributed by atoms with Gasteiger partial charge in [-0.05, 0) is 19.8 Å². The lowest BCUT2D eigenvalue weighted by atomic mass is 9.95. The molecule has 0 aromatic rings. The average Bonchev–Trinajstić information content (AvgIpc) is 2.55. The lowest BCUT2D eigenvalue weighted by Gasteiger charge is -2.26. The first-order valence-corrected chi connectivity index (χ1v) is 4.55. The Morgan fingerprint density at radius 3 is 2.92 bits per heavy atom. The van der Waals surface area contributed by atoms with E-state index in [1.165, 1.54) is 0 Å². The summed E-state index contributed by atoms with van der Waals surface area (Å²) in [7, 11) is 0. The van der Waals surface area contributed by atoms with Crippen LogP contribution in [0.5, 0.6) is 0 Å². The minimum absolute atomic E-state index is 0.212. The van der Waals surface area contributed by atoms with Crippen LogP contribution in [0.4, 0.5) is 0 Å². The first-order valence-electron chi connectivity index (χ1n) is 4.55. The fourth-order valence-electron chi connectivity index (χ4n) is 1.47. The predicted molar refractivity (Wildman–Crippen MR) is 49.9 cm³/mol. The summed E-state index contributed by atoms with van der Waals surface area (Å²) in [5, 5.41) is 3.45. The molecule has 0 bridgehead atoms. The van der Waals surface area contributed by atoms with Crippen LogP contribution in [0.1, 0.15) is 26.7 Å². The molecule has 0 spiro atoms. The Hall–Kier alpha value is -0.520. The van der Waals surface area contributed by atoms with Crippen molar-refractivity contribution in [1.29, 1.82) is 0 Å². The van der Waals surface area contributed by atoms with Crippen molar-refractivity contribution >= 4 is 0 Å². The second-order valence-corrected chi connectivity index (χ2v) is 3.22. The topological polar surface area (TPSA) is 21.3 Å². The van der Waals surface area contributed by atoms with Crippen molar-refractivity contribution in [2.75, 3.05) is 19.8 Å². The Kier molecular flexibility index (Phi) is 3.58. The molecule has 1 rings (SSSR count). The van der Waals surface area contributed by atoms with Crippen molar-refractivity contribution in [1.82, 2.24) is 5.32 Å². The highest BCUT2D eigenvalue weighted by Gasteiger charge is 2.31. The summed E-state index contributed by atoms with van der Waals surface area (Å²) in [5.74, 6) is 5.90. The van der Waals surface area contributed by atoms with E-state index in [9.17, 15) is 0 Å². The second kappa shape index (κ2) is 4.49. The maximum atomic E-state index is 5.37. The van der Waals surface area contributed by atoms with Gasteiger partial charge in [-0.25, -0.2) is 0 Å². The summed E-state index contributed by atoms with van der Waals surface area (Å²) >= 11 is 0. The molecule has 1 aliphatic heterocycles. The second-order valence-electron chi connectivity index (χ2n) is 3.22. The lowest BCUT2D eigenvalue weighted by molar-refractivity contribution is 0.166. The zero-order chi connectivity index (χ0) is 8.86. The Morgan fingerprint density at radius 1 is 1.58 bits per heavy atom. The van der Waals surface area contributed by atoms with Crippen LogP contribution in [0.2, 0.25) is 0 Å². The SMILES string of the molecule is CC#CCNC1(CC)CCOC1. The third-order valence-corrected chi connectivity index (χ3v) is 2.51. The molecule has 0 saturated carbocycles. The molecule has 0 aromatic heterocycles. The zero-order valence-corrected chi connectivity index (χ0v) is 7.94. The van der Waals surface area contributed by atoms with Crippen molar-refractivity contribution in [3.8, 4) is 11.8 Å². The Balaban J connectivity index is 2.37. The molecular formula is C10H17NO. The van der Waals surface area contributed by atoms with E-state index in [2.05, 4.69) is 24.1 Å². The van der Waals surface area contributed by atoms with Crippen molar-refractivity contribution in [2.45, 2.75) is 32.2 Å². The summed E-state index contributed by atoms with van der Waals surface area (Å²) in [6.45, 7) is 6.58. The maximum Gasteiger partial charge on any atom is 0.0649 e. The minimum Gasteiger partial charge on any atom is -0.379 e. The highest BCUT2D eigenvalue weighted by atomic mass is 16.5. The van der Waals surface area contributed by atoms with Crippen molar-refractivity contribution in [3.05, 3.63) is 0 Å². The first-order chi connectivity index (χ1) is 5.83. The number of ether oxygens (including phenoxy) is 1. The maximum absolute atomic E-state index is 5.37. The van der Waals surface area contributed by atoms with Gasteiger partial charge in [-0.15, -0.1) is 5.92 Å². The average molecular weight is 167 g/mol. The standard InChI is InChI=1S/C10H17NO/c1-3-5-7-11-10(4-2)6-8-12-9-10/h11H,4,6-9H2,1-2H3. The van der Waals surface area contributed by atoms with Crippen LogP contribution in [0.25, 0.3) is 0 Å². The van der Waals surface area contributed by atoms with Crippen LogP contribution >= 0.6 is 0 Å². The summed E-state index contributed by atoms with van der Waals surface area (Å²) in [6, 6.07) is 0. The summed E-state index contributed by atoms with van der Waals surface area (Å²) in [4.78, 5) is 0. The van der Waals surface area contributed by atoms with Crippen LogP contribution in [-0.4, -0.2) is 25.3 Å². The minimum atomic E-state index is 0.212. The first kappa shape index (κ1) is 9.57. The molecule has 1 fully saturated rings. The molecule has 2 heteroatoms. The summed E-state index contributed by atoms with van der Waals surface area (Å²) < 4.78 is 5.37. The molecule has 1 saturated heterocycles. The fraction of sp³-hybridized carbons (Fsp3) is 0.800. The van der Waals surface area contributed by atoms with Crippen LogP contribution in [0, 0.1) is 11.8 Å². The van der Waals surface area contributed by atoms with Gasteiger partial charge < -0.3 is 4.74 Å². The highest BCUT2D eigenvalue weighted by molar-refractivity contribution is 5.01. The Bertz CT molecular complexity index is 184. The molecule has 1 aliphatic rings. The van der Waals surface area contributed by atoms with Gasteiger partial charge in [-0.3, -0.25) is 5.32 Å². The monoisotopic (exact) mass is 167 g/mol. The molecule has 1 atom stereocenters. The van der Waals surface area contributed by atoms with Crippen LogP contribution < -0.4 is 5.32 Å². The molecule has 0 radical (unpaired) electrons. The molecule has 0 aromatic carbocycles. The quantitative estimate of drug-likeness (QED) is 0.637. The van der Waals surface area contributed by atoms with Crippen LogP contribution in [0.15, 0.2) is 0 Å². The van der Waals surface area contributed by atoms with Gasteiger partial charge in [-0.1, -0.05) is 12.8 Å². The van der Waals surface area contributed by atoms with Gasteiger partial charge in [-0.2, -0.15) is 0 Å². The highest BCUT2D eigenvalue weighted by Crippen LogP contribution is 2.21. The van der Waals surface area contributed by atoms with E-state index in [0.717, 1.165) is 32.6 Å².